The topological polar surface area (TPSA) is 75.2 Å². The number of benzene rings is 1. The van der Waals surface area contributed by atoms with Gasteiger partial charge in [0.1, 0.15) is 0 Å². The second-order valence-electron chi connectivity index (χ2n) is 6.15. The van der Waals surface area contributed by atoms with Crippen molar-refractivity contribution in [1.29, 1.82) is 0 Å². The molecule has 1 aromatic carbocycles. The van der Waals surface area contributed by atoms with E-state index in [0.29, 0.717) is 32.3 Å². The smallest absolute Gasteiger partial charge is 0.242 e. The second-order valence-corrected chi connectivity index (χ2v) is 6.15. The Morgan fingerprint density at radius 3 is 2.70 bits per heavy atom. The van der Waals surface area contributed by atoms with Gasteiger partial charge in [0.15, 0.2) is 5.96 Å². The van der Waals surface area contributed by atoms with Crippen molar-refractivity contribution in [3.63, 3.8) is 0 Å². The van der Waals surface area contributed by atoms with Crippen LogP contribution in [0.3, 0.4) is 0 Å². The van der Waals surface area contributed by atoms with Crippen molar-refractivity contribution in [2.75, 3.05) is 53.6 Å². The highest BCUT2D eigenvalue weighted by atomic mass is 127. The minimum absolute atomic E-state index is 0. The normalized spacial score (nSPS) is 13.6. The summed E-state index contributed by atoms with van der Waals surface area (Å²) in [7, 11) is 3.36. The molecule has 0 radical (unpaired) electrons. The SMILES string of the molecule is CN=C(NCCCOCCOC)NCC(=O)N1CCc2ccccc2C1.I. The summed E-state index contributed by atoms with van der Waals surface area (Å²) < 4.78 is 10.3. The lowest BCUT2D eigenvalue weighted by Gasteiger charge is -2.29. The third kappa shape index (κ3) is 8.44. The molecule has 0 saturated heterocycles. The Hall–Kier alpha value is -1.39. The summed E-state index contributed by atoms with van der Waals surface area (Å²) >= 11 is 0. The van der Waals surface area contributed by atoms with Crippen LogP contribution in [0.5, 0.6) is 0 Å². The summed E-state index contributed by atoms with van der Waals surface area (Å²) in [4.78, 5) is 18.5. The average molecular weight is 490 g/mol. The Labute approximate surface area is 178 Å². The van der Waals surface area contributed by atoms with Gasteiger partial charge in [-0.05, 0) is 24.0 Å². The van der Waals surface area contributed by atoms with E-state index >= 15 is 0 Å². The molecule has 1 aliphatic rings. The minimum Gasteiger partial charge on any atom is -0.382 e. The molecule has 0 spiro atoms. The lowest BCUT2D eigenvalue weighted by molar-refractivity contribution is -0.130. The van der Waals surface area contributed by atoms with E-state index in [2.05, 4.69) is 33.8 Å². The first-order valence-corrected chi connectivity index (χ1v) is 9.10. The van der Waals surface area contributed by atoms with Gasteiger partial charge in [0, 0.05) is 40.4 Å². The summed E-state index contributed by atoms with van der Waals surface area (Å²) in [5, 5.41) is 6.28. The molecule has 0 aromatic heterocycles. The largest absolute Gasteiger partial charge is 0.382 e. The number of nitrogens with one attached hydrogen (secondary N) is 2. The van der Waals surface area contributed by atoms with Gasteiger partial charge in [-0.25, -0.2) is 0 Å². The molecule has 0 atom stereocenters. The van der Waals surface area contributed by atoms with Gasteiger partial charge in [0.2, 0.25) is 5.91 Å². The van der Waals surface area contributed by atoms with E-state index in [0.717, 1.165) is 25.9 Å². The molecule has 2 rings (SSSR count). The average Bonchev–Trinajstić information content (AvgIpc) is 2.69. The van der Waals surface area contributed by atoms with Crippen molar-refractivity contribution in [2.45, 2.75) is 19.4 Å². The van der Waals surface area contributed by atoms with Crippen LogP contribution in [0.25, 0.3) is 0 Å². The molecule has 2 N–H and O–H groups in total. The third-order valence-electron chi connectivity index (χ3n) is 4.30. The van der Waals surface area contributed by atoms with Crippen LogP contribution in [-0.2, 0) is 27.2 Å². The standard InChI is InChI=1S/C19H30N4O3.HI/c1-20-19(21-9-5-11-26-13-12-25-2)22-14-18(24)23-10-8-16-6-3-4-7-17(16)15-23;/h3-4,6-7H,5,8-15H2,1-2H3,(H2,20,21,22);1H. The maximum absolute atomic E-state index is 12.5. The van der Waals surface area contributed by atoms with Crippen LogP contribution in [0.2, 0.25) is 0 Å². The lowest BCUT2D eigenvalue weighted by Crippen LogP contribution is -2.46. The van der Waals surface area contributed by atoms with E-state index in [-0.39, 0.29) is 36.4 Å². The molecular formula is C19H31IN4O3. The van der Waals surface area contributed by atoms with Crippen LogP contribution in [0, 0.1) is 0 Å². The van der Waals surface area contributed by atoms with Crippen molar-refractivity contribution in [2.24, 2.45) is 4.99 Å². The zero-order valence-electron chi connectivity index (χ0n) is 16.2. The van der Waals surface area contributed by atoms with E-state index in [1.165, 1.54) is 11.1 Å². The monoisotopic (exact) mass is 490 g/mol. The number of aliphatic imine (C=N–C) groups is 1. The van der Waals surface area contributed by atoms with Crippen molar-refractivity contribution in [3.8, 4) is 0 Å². The summed E-state index contributed by atoms with van der Waals surface area (Å²) in [5.74, 6) is 0.720. The van der Waals surface area contributed by atoms with Gasteiger partial charge in [-0.15, -0.1) is 24.0 Å². The van der Waals surface area contributed by atoms with Crippen molar-refractivity contribution in [3.05, 3.63) is 35.4 Å². The quantitative estimate of drug-likeness (QED) is 0.237. The molecule has 0 bridgehead atoms. The summed E-state index contributed by atoms with van der Waals surface area (Å²) in [5.41, 5.74) is 2.58. The number of ether oxygens (including phenoxy) is 2. The molecule has 1 heterocycles. The molecule has 0 aliphatic carbocycles. The molecule has 1 aromatic rings. The summed E-state index contributed by atoms with van der Waals surface area (Å²) in [6.45, 7) is 4.31. The zero-order chi connectivity index (χ0) is 18.6. The number of guanidine groups is 1. The van der Waals surface area contributed by atoms with Crippen LogP contribution >= 0.6 is 24.0 Å². The molecule has 0 unspecified atom stereocenters. The van der Waals surface area contributed by atoms with Gasteiger partial charge in [-0.2, -0.15) is 0 Å². The summed E-state index contributed by atoms with van der Waals surface area (Å²) in [6.07, 6.45) is 1.78. The molecule has 8 heteroatoms. The highest BCUT2D eigenvalue weighted by molar-refractivity contribution is 14.0. The minimum atomic E-state index is 0. The number of halogens is 1. The predicted octanol–water partition coefficient (Wildman–Crippen LogP) is 1.41. The van der Waals surface area contributed by atoms with Crippen molar-refractivity contribution < 1.29 is 14.3 Å². The van der Waals surface area contributed by atoms with Gasteiger partial charge < -0.3 is 25.0 Å². The highest BCUT2D eigenvalue weighted by Crippen LogP contribution is 2.18. The fourth-order valence-corrected chi connectivity index (χ4v) is 2.83. The van der Waals surface area contributed by atoms with Crippen LogP contribution in [0.15, 0.2) is 29.3 Å². The Morgan fingerprint density at radius 2 is 1.96 bits per heavy atom. The predicted molar refractivity (Wildman–Crippen MR) is 118 cm³/mol. The van der Waals surface area contributed by atoms with Gasteiger partial charge in [0.05, 0.1) is 19.8 Å². The van der Waals surface area contributed by atoms with Crippen molar-refractivity contribution in [1.82, 2.24) is 15.5 Å². The molecule has 0 fully saturated rings. The Kier molecular flexibility index (Phi) is 12.0. The number of rotatable bonds is 9. The first kappa shape index (κ1) is 23.6. The molecule has 1 amide bonds. The zero-order valence-corrected chi connectivity index (χ0v) is 18.5. The van der Waals surface area contributed by atoms with E-state index in [1.54, 1.807) is 14.2 Å². The van der Waals surface area contributed by atoms with Gasteiger partial charge in [0.25, 0.3) is 0 Å². The number of amides is 1. The van der Waals surface area contributed by atoms with E-state index in [9.17, 15) is 4.79 Å². The molecule has 7 nitrogen and oxygen atoms in total. The number of hydrogen-bond donors (Lipinski definition) is 2. The second kappa shape index (κ2) is 13.7. The van der Waals surface area contributed by atoms with Crippen LogP contribution in [-0.4, -0.2) is 70.4 Å². The van der Waals surface area contributed by atoms with Crippen LogP contribution in [0.1, 0.15) is 17.5 Å². The van der Waals surface area contributed by atoms with Crippen LogP contribution in [0.4, 0.5) is 0 Å². The van der Waals surface area contributed by atoms with Gasteiger partial charge in [-0.3, -0.25) is 9.79 Å². The number of carbonyl (C=O) groups excluding carboxylic acids is 1. The highest BCUT2D eigenvalue weighted by Gasteiger charge is 2.20. The fraction of sp³-hybridized carbons (Fsp3) is 0.579. The van der Waals surface area contributed by atoms with E-state index < -0.39 is 0 Å². The third-order valence-corrected chi connectivity index (χ3v) is 4.30. The molecular weight excluding hydrogens is 459 g/mol. The first-order valence-electron chi connectivity index (χ1n) is 9.10. The number of methoxy groups -OCH3 is 1. The van der Waals surface area contributed by atoms with Gasteiger partial charge >= 0.3 is 0 Å². The Balaban J connectivity index is 0.00000364. The number of fused-ring (bicyclic) bond motifs is 1. The van der Waals surface area contributed by atoms with E-state index in [4.69, 9.17) is 9.47 Å². The van der Waals surface area contributed by atoms with Crippen LogP contribution < -0.4 is 10.6 Å². The maximum atomic E-state index is 12.5. The molecule has 0 saturated carbocycles. The molecule has 27 heavy (non-hydrogen) atoms. The van der Waals surface area contributed by atoms with E-state index in [1.807, 2.05) is 11.0 Å². The first-order chi connectivity index (χ1) is 12.7. The molecule has 1 aliphatic heterocycles. The van der Waals surface area contributed by atoms with Gasteiger partial charge in [-0.1, -0.05) is 24.3 Å². The number of carbonyl (C=O) groups is 1. The Bertz CT molecular complexity index is 598. The van der Waals surface area contributed by atoms with Crippen molar-refractivity contribution >= 4 is 35.8 Å². The summed E-state index contributed by atoms with van der Waals surface area (Å²) in [6, 6.07) is 8.31. The Morgan fingerprint density at radius 1 is 1.19 bits per heavy atom. The molecule has 152 valence electrons. The number of hydrogen-bond acceptors (Lipinski definition) is 4. The maximum Gasteiger partial charge on any atom is 0.242 e. The fourth-order valence-electron chi connectivity index (χ4n) is 2.83. The number of nitrogens with zero attached hydrogens (tertiary/aromatic N) is 2. The lowest BCUT2D eigenvalue weighted by atomic mass is 10.00.